The van der Waals surface area contributed by atoms with Crippen molar-refractivity contribution in [2.24, 2.45) is 0 Å². The molecule has 2 rings (SSSR count). The number of nitrogens with two attached hydrogens (primary N) is 1. The Bertz CT molecular complexity index is 478. The number of hydrogen-bond donors (Lipinski definition) is 1. The highest BCUT2D eigenvalue weighted by Gasteiger charge is 2.17. The SMILES string of the molecule is CC(F)[C@@H](C)n1cnc2c(N)ncnc21. The Hall–Kier alpha value is -1.72. The lowest BCUT2D eigenvalue weighted by molar-refractivity contribution is 0.267. The van der Waals surface area contributed by atoms with E-state index in [4.69, 9.17) is 5.73 Å². The van der Waals surface area contributed by atoms with E-state index in [0.29, 0.717) is 17.0 Å². The van der Waals surface area contributed by atoms with E-state index >= 15 is 0 Å². The minimum absolute atomic E-state index is 0.315. The molecule has 0 fully saturated rings. The summed E-state index contributed by atoms with van der Waals surface area (Å²) in [4.78, 5) is 11.9. The molecule has 0 aliphatic rings. The van der Waals surface area contributed by atoms with Crippen LogP contribution in [0.15, 0.2) is 12.7 Å². The number of fused-ring (bicyclic) bond motifs is 1. The maximum atomic E-state index is 13.2. The minimum atomic E-state index is -0.974. The molecule has 0 aromatic carbocycles. The van der Waals surface area contributed by atoms with Crippen molar-refractivity contribution in [3.63, 3.8) is 0 Å². The van der Waals surface area contributed by atoms with Gasteiger partial charge in [0.25, 0.3) is 0 Å². The van der Waals surface area contributed by atoms with Gasteiger partial charge in [-0.15, -0.1) is 0 Å². The molecule has 0 saturated carbocycles. The van der Waals surface area contributed by atoms with Crippen molar-refractivity contribution in [1.29, 1.82) is 0 Å². The fourth-order valence-electron chi connectivity index (χ4n) is 1.39. The topological polar surface area (TPSA) is 69.6 Å². The lowest BCUT2D eigenvalue weighted by atomic mass is 10.2. The molecule has 80 valence electrons. The summed E-state index contributed by atoms with van der Waals surface area (Å²) >= 11 is 0. The Morgan fingerprint density at radius 2 is 2.07 bits per heavy atom. The number of nitrogen functional groups attached to an aromatic ring is 1. The zero-order chi connectivity index (χ0) is 11.0. The fourth-order valence-corrected chi connectivity index (χ4v) is 1.39. The van der Waals surface area contributed by atoms with Gasteiger partial charge in [-0.2, -0.15) is 0 Å². The molecule has 0 aliphatic heterocycles. The van der Waals surface area contributed by atoms with Crippen molar-refractivity contribution in [3.8, 4) is 0 Å². The normalized spacial score (nSPS) is 15.4. The zero-order valence-corrected chi connectivity index (χ0v) is 8.55. The maximum Gasteiger partial charge on any atom is 0.165 e. The maximum absolute atomic E-state index is 13.2. The summed E-state index contributed by atoms with van der Waals surface area (Å²) in [5.41, 5.74) is 6.71. The average molecular weight is 209 g/mol. The van der Waals surface area contributed by atoms with E-state index < -0.39 is 6.17 Å². The van der Waals surface area contributed by atoms with E-state index in [2.05, 4.69) is 15.0 Å². The number of aromatic nitrogens is 4. The van der Waals surface area contributed by atoms with Crippen LogP contribution < -0.4 is 5.73 Å². The summed E-state index contributed by atoms with van der Waals surface area (Å²) in [5.74, 6) is 0.317. The molecule has 2 aromatic rings. The van der Waals surface area contributed by atoms with Gasteiger partial charge in [0, 0.05) is 0 Å². The fraction of sp³-hybridized carbons (Fsp3) is 0.444. The van der Waals surface area contributed by atoms with Gasteiger partial charge < -0.3 is 10.3 Å². The van der Waals surface area contributed by atoms with Crippen LogP contribution in [-0.2, 0) is 0 Å². The van der Waals surface area contributed by atoms with Crippen LogP contribution in [0.4, 0.5) is 10.2 Å². The number of imidazole rings is 1. The zero-order valence-electron chi connectivity index (χ0n) is 8.55. The first-order valence-electron chi connectivity index (χ1n) is 4.68. The second kappa shape index (κ2) is 3.45. The number of halogens is 1. The standard InChI is InChI=1S/C9H12FN5/c1-5(10)6(2)15-4-14-7-8(11)12-3-13-9(7)15/h3-6H,1-2H3,(H2,11,12,13)/t5?,6-/m1/s1. The van der Waals surface area contributed by atoms with E-state index in [-0.39, 0.29) is 6.04 Å². The molecule has 0 aliphatic carbocycles. The molecule has 2 atom stereocenters. The molecule has 2 heterocycles. The van der Waals surface area contributed by atoms with Gasteiger partial charge in [0.2, 0.25) is 0 Å². The molecule has 2 aromatic heterocycles. The lowest BCUT2D eigenvalue weighted by Crippen LogP contribution is -2.14. The average Bonchev–Trinajstić information content (AvgIpc) is 2.61. The van der Waals surface area contributed by atoms with Gasteiger partial charge in [0.15, 0.2) is 11.5 Å². The van der Waals surface area contributed by atoms with Crippen LogP contribution in [0, 0.1) is 0 Å². The monoisotopic (exact) mass is 209 g/mol. The third-order valence-electron chi connectivity index (χ3n) is 2.49. The van der Waals surface area contributed by atoms with Gasteiger partial charge in [0.1, 0.15) is 18.0 Å². The number of hydrogen-bond acceptors (Lipinski definition) is 4. The number of alkyl halides is 1. The predicted octanol–water partition coefficient (Wildman–Crippen LogP) is 1.33. The number of rotatable bonds is 2. The van der Waals surface area contributed by atoms with Gasteiger partial charge >= 0.3 is 0 Å². The smallest absolute Gasteiger partial charge is 0.165 e. The Morgan fingerprint density at radius 3 is 2.73 bits per heavy atom. The molecule has 0 spiro atoms. The van der Waals surface area contributed by atoms with Gasteiger partial charge in [-0.3, -0.25) is 0 Å². The van der Waals surface area contributed by atoms with E-state index in [1.807, 2.05) is 0 Å². The molecule has 1 unspecified atom stereocenters. The second-order valence-electron chi connectivity index (χ2n) is 3.50. The molecule has 6 heteroatoms. The first kappa shape index (κ1) is 9.82. The third-order valence-corrected chi connectivity index (χ3v) is 2.49. The number of nitrogens with zero attached hydrogens (tertiary/aromatic N) is 4. The Balaban J connectivity index is 2.59. The first-order valence-corrected chi connectivity index (χ1v) is 4.68. The molecule has 0 bridgehead atoms. The molecule has 0 amide bonds. The van der Waals surface area contributed by atoms with Crippen molar-refractivity contribution in [2.45, 2.75) is 26.1 Å². The van der Waals surface area contributed by atoms with E-state index in [1.54, 1.807) is 11.5 Å². The summed E-state index contributed by atoms with van der Waals surface area (Å²) in [7, 11) is 0. The van der Waals surface area contributed by atoms with Crippen LogP contribution in [0.25, 0.3) is 11.2 Å². The van der Waals surface area contributed by atoms with Gasteiger partial charge in [-0.05, 0) is 13.8 Å². The Labute approximate surface area is 86.2 Å². The highest BCUT2D eigenvalue weighted by atomic mass is 19.1. The van der Waals surface area contributed by atoms with Gasteiger partial charge in [-0.1, -0.05) is 0 Å². The summed E-state index contributed by atoms with van der Waals surface area (Å²) in [6.07, 6.45) is 1.92. The molecular formula is C9H12FN5. The number of anilines is 1. The highest BCUT2D eigenvalue weighted by Crippen LogP contribution is 2.21. The van der Waals surface area contributed by atoms with Crippen molar-refractivity contribution in [3.05, 3.63) is 12.7 Å². The molecule has 15 heavy (non-hydrogen) atoms. The van der Waals surface area contributed by atoms with Crippen LogP contribution in [0.2, 0.25) is 0 Å². The van der Waals surface area contributed by atoms with Crippen molar-refractivity contribution < 1.29 is 4.39 Å². The van der Waals surface area contributed by atoms with Crippen molar-refractivity contribution in [2.75, 3.05) is 5.73 Å². The molecule has 0 saturated heterocycles. The van der Waals surface area contributed by atoms with Crippen molar-refractivity contribution >= 4 is 17.0 Å². The third kappa shape index (κ3) is 1.51. The minimum Gasteiger partial charge on any atom is -0.382 e. The predicted molar refractivity (Wildman–Crippen MR) is 55.0 cm³/mol. The Morgan fingerprint density at radius 1 is 1.33 bits per heavy atom. The van der Waals surface area contributed by atoms with E-state index in [1.165, 1.54) is 19.6 Å². The van der Waals surface area contributed by atoms with Crippen molar-refractivity contribution in [1.82, 2.24) is 19.5 Å². The lowest BCUT2D eigenvalue weighted by Gasteiger charge is -2.14. The molecule has 0 radical (unpaired) electrons. The molecule has 5 nitrogen and oxygen atoms in total. The highest BCUT2D eigenvalue weighted by molar-refractivity contribution is 5.81. The van der Waals surface area contributed by atoms with Crippen LogP contribution >= 0.6 is 0 Å². The summed E-state index contributed by atoms with van der Waals surface area (Å²) in [5, 5.41) is 0. The van der Waals surface area contributed by atoms with Crippen LogP contribution in [-0.4, -0.2) is 25.7 Å². The van der Waals surface area contributed by atoms with Gasteiger partial charge in [0.05, 0.1) is 12.4 Å². The van der Waals surface area contributed by atoms with E-state index in [9.17, 15) is 4.39 Å². The summed E-state index contributed by atoms with van der Waals surface area (Å²) < 4.78 is 14.8. The largest absolute Gasteiger partial charge is 0.382 e. The molecular weight excluding hydrogens is 197 g/mol. The van der Waals surface area contributed by atoms with Crippen LogP contribution in [0.1, 0.15) is 19.9 Å². The quantitative estimate of drug-likeness (QED) is 0.810. The first-order chi connectivity index (χ1) is 7.11. The molecule has 2 N–H and O–H groups in total. The Kier molecular flexibility index (Phi) is 2.26. The van der Waals surface area contributed by atoms with E-state index in [0.717, 1.165) is 0 Å². The summed E-state index contributed by atoms with van der Waals surface area (Å²) in [6, 6.07) is -0.315. The van der Waals surface area contributed by atoms with Crippen LogP contribution in [0.5, 0.6) is 0 Å². The second-order valence-corrected chi connectivity index (χ2v) is 3.50. The van der Waals surface area contributed by atoms with Crippen LogP contribution in [0.3, 0.4) is 0 Å². The van der Waals surface area contributed by atoms with Gasteiger partial charge in [-0.25, -0.2) is 19.3 Å². The summed E-state index contributed by atoms with van der Waals surface area (Å²) in [6.45, 7) is 3.27.